The van der Waals surface area contributed by atoms with Gasteiger partial charge in [-0.2, -0.15) is 5.26 Å². The molecular formula is C31H33N5O9. The van der Waals surface area contributed by atoms with E-state index in [1.807, 2.05) is 0 Å². The number of ether oxygens (including phenoxy) is 3. The molecule has 0 bridgehead atoms. The molecule has 2 aromatic rings. The van der Waals surface area contributed by atoms with Gasteiger partial charge in [0.15, 0.2) is 28.5 Å². The predicted molar refractivity (Wildman–Crippen MR) is 159 cm³/mol. The number of amides is 1. The van der Waals surface area contributed by atoms with Crippen molar-refractivity contribution in [3.05, 3.63) is 52.3 Å². The van der Waals surface area contributed by atoms with Crippen LogP contribution >= 0.6 is 0 Å². The van der Waals surface area contributed by atoms with Crippen molar-refractivity contribution >= 4 is 23.2 Å². The van der Waals surface area contributed by atoms with Crippen LogP contribution < -0.4 is 31.4 Å². The summed E-state index contributed by atoms with van der Waals surface area (Å²) < 4.78 is 16.4. The molecule has 3 aliphatic rings. The largest absolute Gasteiger partial charge is 0.509 e. The topological polar surface area (TPSA) is 245 Å². The van der Waals surface area contributed by atoms with Crippen molar-refractivity contribution in [2.45, 2.75) is 30.0 Å². The zero-order valence-electron chi connectivity index (χ0n) is 25.2. The van der Waals surface area contributed by atoms with E-state index < -0.39 is 74.8 Å². The molecule has 1 amide bonds. The maximum atomic E-state index is 14.5. The number of aromatic hydroxyl groups is 1. The van der Waals surface area contributed by atoms with E-state index in [-0.39, 0.29) is 12.0 Å². The van der Waals surface area contributed by atoms with Crippen molar-refractivity contribution in [1.82, 2.24) is 4.90 Å². The molecule has 0 saturated heterocycles. The van der Waals surface area contributed by atoms with Crippen LogP contribution in [0.3, 0.4) is 0 Å². The number of aliphatic hydroxyl groups excluding tert-OH is 2. The van der Waals surface area contributed by atoms with Crippen molar-refractivity contribution in [2.24, 2.45) is 22.6 Å². The van der Waals surface area contributed by atoms with Crippen LogP contribution in [-0.2, 0) is 20.8 Å². The van der Waals surface area contributed by atoms with Crippen LogP contribution in [0.25, 0.3) is 16.9 Å². The van der Waals surface area contributed by atoms with Gasteiger partial charge in [0.05, 0.1) is 55.7 Å². The third-order valence-corrected chi connectivity index (χ3v) is 9.11. The molecular weight excluding hydrogens is 586 g/mol. The molecule has 0 unspecified atom stereocenters. The molecule has 0 aliphatic heterocycles. The molecule has 1 saturated carbocycles. The summed E-state index contributed by atoms with van der Waals surface area (Å²) in [6.45, 7) is 0. The van der Waals surface area contributed by atoms with Crippen LogP contribution in [0.1, 0.15) is 17.5 Å². The number of carbonyl (C=O) groups is 3. The van der Waals surface area contributed by atoms with E-state index in [4.69, 9.17) is 31.4 Å². The Morgan fingerprint density at radius 2 is 1.64 bits per heavy atom. The number of likely N-dealkylation sites (N-methyl/N-ethyl adjacent to an activating group) is 1. The number of ketones is 2. The number of Topliss-reactive ketones (excluding diaryl/α,β-unsaturated/α-hetero) is 2. The lowest BCUT2D eigenvalue weighted by atomic mass is 9.47. The van der Waals surface area contributed by atoms with Crippen molar-refractivity contribution < 1.29 is 43.9 Å². The van der Waals surface area contributed by atoms with Crippen LogP contribution in [0.15, 0.2) is 41.2 Å². The minimum absolute atomic E-state index is 0.141. The molecule has 0 radical (unpaired) electrons. The average Bonchev–Trinajstić information content (AvgIpc) is 2.95. The number of nitriles is 1. The number of carbonyl (C=O) groups excluding carboxylic acids is 3. The SMILES string of the molecule is COc1cc(-c2ccc(O)c3c2C[C@@]2(N)C[C@@]4(N)[C@H](N(C)C)C(=O)C(C(N)=O)=C(O)[C@@]4(C#N)C(=O)C2=C3O)cc(OC)c1OC. The summed E-state index contributed by atoms with van der Waals surface area (Å²) in [5.41, 5.74) is 12.2. The molecule has 5 rings (SSSR count). The molecule has 2 aromatic carbocycles. The van der Waals surface area contributed by atoms with Gasteiger partial charge in [-0.1, -0.05) is 6.07 Å². The fourth-order valence-corrected chi connectivity index (χ4v) is 7.34. The first-order chi connectivity index (χ1) is 21.1. The Morgan fingerprint density at radius 3 is 2.13 bits per heavy atom. The van der Waals surface area contributed by atoms with Crippen molar-refractivity contribution in [3.63, 3.8) is 0 Å². The number of phenols is 1. The Morgan fingerprint density at radius 1 is 1.04 bits per heavy atom. The summed E-state index contributed by atoms with van der Waals surface area (Å²) in [5, 5.41) is 44.6. The first-order valence-electron chi connectivity index (χ1n) is 13.7. The number of nitrogens with two attached hydrogens (primary N) is 3. The summed E-state index contributed by atoms with van der Waals surface area (Å²) >= 11 is 0. The monoisotopic (exact) mass is 619 g/mol. The standard InChI is InChI=1S/C31H33N5O9/c1-36(2)25-23(39)20(28(33)42)26(40)30(12-32)27(41)21-22(38)19-15(10-29(21,34)11-31(25,30)35)14(6-7-16(19)37)13-8-17(43-3)24(45-5)18(9-13)44-4/h6-9,25,37-38,40H,10-11,34-35H2,1-5H3,(H2,33,42)/t25-,29-,30+,31-/m1/s1. The van der Waals surface area contributed by atoms with Crippen molar-refractivity contribution in [3.8, 4) is 40.2 Å². The maximum Gasteiger partial charge on any atom is 0.255 e. The third kappa shape index (κ3) is 3.88. The molecule has 4 atom stereocenters. The Hall–Kier alpha value is -5.10. The van der Waals surface area contributed by atoms with E-state index in [1.54, 1.807) is 24.3 Å². The second kappa shape index (κ2) is 10.2. The summed E-state index contributed by atoms with van der Waals surface area (Å²) in [6.07, 6.45) is -0.705. The molecule has 14 heteroatoms. The normalized spacial score (nSPS) is 27.4. The van der Waals surface area contributed by atoms with Crippen LogP contribution in [-0.4, -0.2) is 90.2 Å². The highest BCUT2D eigenvalue weighted by Crippen LogP contribution is 2.59. The second-order valence-electron chi connectivity index (χ2n) is 11.7. The fourth-order valence-electron chi connectivity index (χ4n) is 7.34. The molecule has 0 spiro atoms. The zero-order chi connectivity index (χ0) is 33.4. The number of methoxy groups -OCH3 is 3. The van der Waals surface area contributed by atoms with E-state index in [0.717, 1.165) is 0 Å². The molecule has 236 valence electrons. The van der Waals surface area contributed by atoms with E-state index in [2.05, 4.69) is 0 Å². The molecule has 0 heterocycles. The average molecular weight is 620 g/mol. The summed E-state index contributed by atoms with van der Waals surface area (Å²) in [5.74, 6) is -4.97. The van der Waals surface area contributed by atoms with E-state index in [1.165, 1.54) is 46.4 Å². The number of hydrogen-bond donors (Lipinski definition) is 6. The summed E-state index contributed by atoms with van der Waals surface area (Å²) in [6, 6.07) is 6.45. The lowest BCUT2D eigenvalue weighted by Gasteiger charge is -2.58. The summed E-state index contributed by atoms with van der Waals surface area (Å²) in [7, 11) is 7.24. The van der Waals surface area contributed by atoms with E-state index in [0.29, 0.717) is 33.9 Å². The highest BCUT2D eigenvalue weighted by molar-refractivity contribution is 6.25. The summed E-state index contributed by atoms with van der Waals surface area (Å²) in [4.78, 5) is 41.8. The Kier molecular flexibility index (Phi) is 7.12. The quantitative estimate of drug-likeness (QED) is 0.243. The highest BCUT2D eigenvalue weighted by Gasteiger charge is 2.74. The lowest BCUT2D eigenvalue weighted by Crippen LogP contribution is -2.80. The first kappa shape index (κ1) is 31.3. The number of primary amides is 1. The molecule has 9 N–H and O–H groups in total. The van der Waals surface area contributed by atoms with Gasteiger partial charge in [0.1, 0.15) is 22.8 Å². The van der Waals surface area contributed by atoms with Gasteiger partial charge in [-0.05, 0) is 61.8 Å². The van der Waals surface area contributed by atoms with Crippen molar-refractivity contribution in [1.29, 1.82) is 5.26 Å². The second-order valence-corrected chi connectivity index (χ2v) is 11.7. The molecule has 45 heavy (non-hydrogen) atoms. The van der Waals surface area contributed by atoms with Crippen LogP contribution in [0, 0.1) is 16.7 Å². The van der Waals surface area contributed by atoms with Crippen LogP contribution in [0.4, 0.5) is 0 Å². The Bertz CT molecular complexity index is 1780. The third-order valence-electron chi connectivity index (χ3n) is 9.11. The van der Waals surface area contributed by atoms with Gasteiger partial charge >= 0.3 is 0 Å². The van der Waals surface area contributed by atoms with Crippen LogP contribution in [0.5, 0.6) is 23.0 Å². The maximum absolute atomic E-state index is 14.5. The molecule has 3 aliphatic carbocycles. The smallest absolute Gasteiger partial charge is 0.255 e. The van der Waals surface area contributed by atoms with Gasteiger partial charge in [0, 0.05) is 0 Å². The number of nitrogens with zero attached hydrogens (tertiary/aromatic N) is 2. The number of fused-ring (bicyclic) bond motifs is 3. The minimum Gasteiger partial charge on any atom is -0.509 e. The predicted octanol–water partition coefficient (Wildman–Crippen LogP) is 0.598. The van der Waals surface area contributed by atoms with Gasteiger partial charge in [-0.25, -0.2) is 0 Å². The first-order valence-corrected chi connectivity index (χ1v) is 13.7. The van der Waals surface area contributed by atoms with Gasteiger partial charge < -0.3 is 46.7 Å². The Labute approximate surface area is 257 Å². The molecule has 1 fully saturated rings. The van der Waals surface area contributed by atoms with Gasteiger partial charge in [0.2, 0.25) is 5.75 Å². The number of hydrogen-bond acceptors (Lipinski definition) is 13. The van der Waals surface area contributed by atoms with Crippen LogP contribution in [0.2, 0.25) is 0 Å². The van der Waals surface area contributed by atoms with Gasteiger partial charge in [-0.3, -0.25) is 19.3 Å². The number of rotatable bonds is 6. The number of aliphatic hydroxyl groups is 2. The van der Waals surface area contributed by atoms with E-state index in [9.17, 15) is 35.0 Å². The molecule has 0 aromatic heterocycles. The Balaban J connectivity index is 1.85. The number of phenolic OH excluding ortho intramolecular Hbond substituents is 1. The molecule has 14 nitrogen and oxygen atoms in total. The minimum atomic E-state index is -2.74. The van der Waals surface area contributed by atoms with Gasteiger partial charge in [-0.15, -0.1) is 0 Å². The van der Waals surface area contributed by atoms with E-state index >= 15 is 0 Å². The fraction of sp³-hybridized carbons (Fsp3) is 0.355. The zero-order valence-corrected chi connectivity index (χ0v) is 25.2. The number of benzene rings is 2. The lowest BCUT2D eigenvalue weighted by molar-refractivity contribution is -0.139. The van der Waals surface area contributed by atoms with Crippen molar-refractivity contribution in [2.75, 3.05) is 35.4 Å². The highest BCUT2D eigenvalue weighted by atomic mass is 16.5. The van der Waals surface area contributed by atoms with Gasteiger partial charge in [0.25, 0.3) is 5.91 Å².